The number of carbonyl (C=O) groups is 1. The second-order valence-electron chi connectivity index (χ2n) is 5.43. The molecule has 110 valence electrons. The lowest BCUT2D eigenvalue weighted by Crippen LogP contribution is -2.51. The van der Waals surface area contributed by atoms with Crippen LogP contribution in [0.3, 0.4) is 0 Å². The van der Waals surface area contributed by atoms with Gasteiger partial charge in [-0.15, -0.1) is 0 Å². The Bertz CT molecular complexity index is 589. The van der Waals surface area contributed by atoms with Gasteiger partial charge in [0.2, 0.25) is 0 Å². The minimum atomic E-state index is 0.0777. The van der Waals surface area contributed by atoms with E-state index < -0.39 is 0 Å². The average molecular weight is 284 g/mol. The number of nitrogens with zero attached hydrogens (tertiary/aromatic N) is 2. The van der Waals surface area contributed by atoms with E-state index in [-0.39, 0.29) is 6.03 Å². The van der Waals surface area contributed by atoms with Crippen molar-refractivity contribution in [2.24, 2.45) is 5.73 Å². The molecule has 5 heteroatoms. The first-order chi connectivity index (χ1) is 10.3. The van der Waals surface area contributed by atoms with E-state index in [4.69, 9.17) is 5.73 Å². The number of rotatable bonds is 2. The number of carbonyl (C=O) groups excluding carboxylic acids is 1. The Balaban J connectivity index is 1.69. The molecule has 1 unspecified atom stereocenters. The van der Waals surface area contributed by atoms with Crippen molar-refractivity contribution < 1.29 is 4.79 Å². The summed E-state index contributed by atoms with van der Waals surface area (Å²) < 4.78 is 0. The highest BCUT2D eigenvalue weighted by molar-refractivity contribution is 5.77. The topological polar surface area (TPSA) is 61.6 Å². The molecule has 2 aliphatic rings. The van der Waals surface area contributed by atoms with E-state index >= 15 is 0 Å². The molecule has 1 atom stereocenters. The van der Waals surface area contributed by atoms with Gasteiger partial charge >= 0.3 is 6.03 Å². The van der Waals surface area contributed by atoms with Crippen LogP contribution in [0.5, 0.6) is 0 Å². The van der Waals surface area contributed by atoms with Gasteiger partial charge in [-0.25, -0.2) is 4.79 Å². The standard InChI is InChI=1S/C16H20N4O/c17-7-3-6-13-4-1-2-5-14(13)11-19-8-9-20-15(12-19)10-18-16(20)21/h1-2,4-5,15H,7-12,17H2,(H,18,21). The van der Waals surface area contributed by atoms with Crippen molar-refractivity contribution in [1.82, 2.24) is 15.1 Å². The molecule has 1 aromatic rings. The molecule has 0 saturated carbocycles. The summed E-state index contributed by atoms with van der Waals surface area (Å²) in [6.45, 7) is 4.62. The van der Waals surface area contributed by atoms with Crippen LogP contribution < -0.4 is 11.1 Å². The minimum absolute atomic E-state index is 0.0777. The van der Waals surface area contributed by atoms with E-state index in [1.54, 1.807) is 0 Å². The summed E-state index contributed by atoms with van der Waals surface area (Å²) in [5, 5.41) is 2.91. The van der Waals surface area contributed by atoms with Gasteiger partial charge in [-0.2, -0.15) is 0 Å². The Morgan fingerprint density at radius 3 is 3.05 bits per heavy atom. The molecule has 1 aromatic carbocycles. The van der Waals surface area contributed by atoms with Gasteiger partial charge in [-0.3, -0.25) is 4.90 Å². The minimum Gasteiger partial charge on any atom is -0.336 e. The Kier molecular flexibility index (Phi) is 4.09. The number of hydrogen-bond donors (Lipinski definition) is 2. The van der Waals surface area contributed by atoms with Crippen LogP contribution >= 0.6 is 0 Å². The predicted octanol–water partition coefficient (Wildman–Crippen LogP) is 0.206. The number of urea groups is 1. The summed E-state index contributed by atoms with van der Waals surface area (Å²) in [5.74, 6) is 6.06. The molecule has 2 heterocycles. The number of amides is 2. The van der Waals surface area contributed by atoms with Crippen molar-refractivity contribution in [2.45, 2.75) is 12.6 Å². The van der Waals surface area contributed by atoms with Gasteiger partial charge in [0, 0.05) is 38.3 Å². The fourth-order valence-corrected chi connectivity index (χ4v) is 2.98. The maximum atomic E-state index is 11.6. The molecule has 0 bridgehead atoms. The number of piperazine rings is 1. The first kappa shape index (κ1) is 13.9. The molecule has 0 aliphatic carbocycles. The maximum absolute atomic E-state index is 11.6. The van der Waals surface area contributed by atoms with Crippen molar-refractivity contribution in [3.05, 3.63) is 35.4 Å². The molecule has 21 heavy (non-hydrogen) atoms. The van der Waals surface area contributed by atoms with Gasteiger partial charge in [0.1, 0.15) is 0 Å². The molecule has 0 radical (unpaired) electrons. The van der Waals surface area contributed by atoms with Gasteiger partial charge < -0.3 is 16.0 Å². The number of fused-ring (bicyclic) bond motifs is 1. The number of hydrogen-bond acceptors (Lipinski definition) is 3. The van der Waals surface area contributed by atoms with Crippen LogP contribution in [-0.4, -0.2) is 54.6 Å². The van der Waals surface area contributed by atoms with Gasteiger partial charge in [0.05, 0.1) is 12.6 Å². The van der Waals surface area contributed by atoms with Crippen LogP contribution in [-0.2, 0) is 6.54 Å². The smallest absolute Gasteiger partial charge is 0.317 e. The molecule has 2 fully saturated rings. The van der Waals surface area contributed by atoms with Crippen molar-refractivity contribution in [2.75, 3.05) is 32.7 Å². The van der Waals surface area contributed by atoms with Crippen molar-refractivity contribution in [3.63, 3.8) is 0 Å². The molecule has 5 nitrogen and oxygen atoms in total. The number of nitrogens with two attached hydrogens (primary N) is 1. The van der Waals surface area contributed by atoms with Gasteiger partial charge in [-0.1, -0.05) is 30.0 Å². The highest BCUT2D eigenvalue weighted by atomic mass is 16.2. The van der Waals surface area contributed by atoms with E-state index in [1.165, 1.54) is 5.56 Å². The van der Waals surface area contributed by atoms with Crippen LogP contribution in [0.1, 0.15) is 11.1 Å². The fraction of sp³-hybridized carbons (Fsp3) is 0.438. The van der Waals surface area contributed by atoms with Gasteiger partial charge in [-0.05, 0) is 11.6 Å². The molecule has 3 N–H and O–H groups in total. The first-order valence-corrected chi connectivity index (χ1v) is 7.31. The molecule has 0 aromatic heterocycles. The van der Waals surface area contributed by atoms with Crippen molar-refractivity contribution in [1.29, 1.82) is 0 Å². The lowest BCUT2D eigenvalue weighted by molar-refractivity contribution is 0.116. The summed E-state index contributed by atoms with van der Waals surface area (Å²) >= 11 is 0. The van der Waals surface area contributed by atoms with Crippen molar-refractivity contribution >= 4 is 6.03 Å². The highest BCUT2D eigenvalue weighted by Gasteiger charge is 2.35. The number of nitrogens with one attached hydrogen (secondary N) is 1. The van der Waals surface area contributed by atoms with Crippen LogP contribution in [0.25, 0.3) is 0 Å². The summed E-state index contributed by atoms with van der Waals surface area (Å²) in [4.78, 5) is 15.9. The van der Waals surface area contributed by atoms with E-state index in [2.05, 4.69) is 28.1 Å². The summed E-state index contributed by atoms with van der Waals surface area (Å²) in [6, 6.07) is 8.57. The molecule has 0 spiro atoms. The molecule has 2 saturated heterocycles. The van der Waals surface area contributed by atoms with Crippen LogP contribution in [0.4, 0.5) is 4.79 Å². The normalized spacial score (nSPS) is 21.5. The average Bonchev–Trinajstić information content (AvgIpc) is 2.87. The second kappa shape index (κ2) is 6.17. The van der Waals surface area contributed by atoms with E-state index in [1.807, 2.05) is 23.1 Å². The molecule has 3 rings (SSSR count). The Hall–Kier alpha value is -2.03. The summed E-state index contributed by atoms with van der Waals surface area (Å²) in [6.07, 6.45) is 0. The first-order valence-electron chi connectivity index (χ1n) is 7.31. The SMILES string of the molecule is NCC#Cc1ccccc1CN1CCN2C(=O)NCC2C1. The molecular weight excluding hydrogens is 264 g/mol. The highest BCUT2D eigenvalue weighted by Crippen LogP contribution is 2.17. The lowest BCUT2D eigenvalue weighted by Gasteiger charge is -2.36. The zero-order valence-electron chi connectivity index (χ0n) is 12.0. The number of benzene rings is 1. The third kappa shape index (κ3) is 3.02. The van der Waals surface area contributed by atoms with Crippen LogP contribution in [0.15, 0.2) is 24.3 Å². The molecule has 2 aliphatic heterocycles. The fourth-order valence-electron chi connectivity index (χ4n) is 2.98. The largest absolute Gasteiger partial charge is 0.336 e. The Morgan fingerprint density at radius 1 is 1.33 bits per heavy atom. The quantitative estimate of drug-likeness (QED) is 0.763. The zero-order chi connectivity index (χ0) is 14.7. The monoisotopic (exact) mass is 284 g/mol. The third-order valence-electron chi connectivity index (χ3n) is 4.05. The molecular formula is C16H20N4O. The lowest BCUT2D eigenvalue weighted by atomic mass is 10.1. The Labute approximate surface area is 125 Å². The maximum Gasteiger partial charge on any atom is 0.317 e. The van der Waals surface area contributed by atoms with Gasteiger partial charge in [0.15, 0.2) is 0 Å². The van der Waals surface area contributed by atoms with Crippen molar-refractivity contribution in [3.8, 4) is 11.8 Å². The van der Waals surface area contributed by atoms with E-state index in [9.17, 15) is 4.79 Å². The van der Waals surface area contributed by atoms with E-state index in [0.29, 0.717) is 12.6 Å². The second-order valence-corrected chi connectivity index (χ2v) is 5.43. The summed E-state index contributed by atoms with van der Waals surface area (Å²) in [7, 11) is 0. The summed E-state index contributed by atoms with van der Waals surface area (Å²) in [5.41, 5.74) is 7.73. The predicted molar refractivity (Wildman–Crippen MR) is 81.5 cm³/mol. The van der Waals surface area contributed by atoms with Crippen LogP contribution in [0.2, 0.25) is 0 Å². The molecule has 2 amide bonds. The van der Waals surface area contributed by atoms with Crippen LogP contribution in [0, 0.1) is 11.8 Å². The van der Waals surface area contributed by atoms with E-state index in [0.717, 1.165) is 38.3 Å². The van der Waals surface area contributed by atoms with Gasteiger partial charge in [0.25, 0.3) is 0 Å². The Morgan fingerprint density at radius 2 is 2.19 bits per heavy atom. The third-order valence-corrected chi connectivity index (χ3v) is 4.05. The zero-order valence-corrected chi connectivity index (χ0v) is 12.0.